The van der Waals surface area contributed by atoms with Gasteiger partial charge in [-0.3, -0.25) is 0 Å². The molecule has 2 aliphatic heterocycles. The zero-order valence-electron chi connectivity index (χ0n) is 18.5. The third-order valence-corrected chi connectivity index (χ3v) is 6.27. The number of nitrogens with zero attached hydrogens (tertiary/aromatic N) is 4. The van der Waals surface area contributed by atoms with Gasteiger partial charge in [-0.15, -0.1) is 0 Å². The highest BCUT2D eigenvalue weighted by atomic mass is 32.1. The lowest BCUT2D eigenvalue weighted by molar-refractivity contribution is -0.141. The van der Waals surface area contributed by atoms with E-state index >= 15 is 0 Å². The monoisotopic (exact) mass is 478 g/mol. The van der Waals surface area contributed by atoms with Crippen LogP contribution in [0.1, 0.15) is 49.8 Å². The van der Waals surface area contributed by atoms with Crippen LogP contribution in [0.5, 0.6) is 0 Å². The molecule has 0 radical (unpaired) electrons. The van der Waals surface area contributed by atoms with Gasteiger partial charge in [0.2, 0.25) is 5.95 Å². The molecule has 1 aromatic heterocycles. The molecule has 0 spiro atoms. The first-order chi connectivity index (χ1) is 15.9. The van der Waals surface area contributed by atoms with Crippen molar-refractivity contribution >= 4 is 34.8 Å². The van der Waals surface area contributed by atoms with Gasteiger partial charge in [-0.2, -0.15) is 18.2 Å². The highest BCUT2D eigenvalue weighted by molar-refractivity contribution is 7.80. The summed E-state index contributed by atoms with van der Waals surface area (Å²) >= 11 is 5.30. The number of nitrogens with one attached hydrogen (secondary N) is 2. The summed E-state index contributed by atoms with van der Waals surface area (Å²) in [7, 11) is 0. The highest BCUT2D eigenvalue weighted by Crippen LogP contribution is 2.31. The van der Waals surface area contributed by atoms with E-state index < -0.39 is 11.9 Å². The minimum Gasteiger partial charge on any atom is -0.372 e. The zero-order chi connectivity index (χ0) is 23.3. The lowest BCUT2D eigenvalue weighted by Gasteiger charge is -2.23. The lowest BCUT2D eigenvalue weighted by atomic mass is 10.2. The molecule has 0 bridgehead atoms. The van der Waals surface area contributed by atoms with Crippen molar-refractivity contribution in [2.45, 2.75) is 51.2 Å². The maximum Gasteiger partial charge on any atom is 0.433 e. The Kier molecular flexibility index (Phi) is 7.52. The lowest BCUT2D eigenvalue weighted by Crippen LogP contribution is -2.30. The van der Waals surface area contributed by atoms with Crippen molar-refractivity contribution in [2.24, 2.45) is 0 Å². The second-order valence-electron chi connectivity index (χ2n) is 8.50. The summed E-state index contributed by atoms with van der Waals surface area (Å²) in [5.41, 5.74) is 1.26. The van der Waals surface area contributed by atoms with Crippen LogP contribution >= 0.6 is 12.2 Å². The Morgan fingerprint density at radius 3 is 2.12 bits per heavy atom. The SMILES string of the molecule is FC(F)(F)c1cc(N2CCCCCC2)nc(NC(=S)NCc2ccc(N3CCCC3)cc2)n1. The van der Waals surface area contributed by atoms with E-state index in [1.165, 1.54) is 18.5 Å². The average molecular weight is 479 g/mol. The van der Waals surface area contributed by atoms with Gasteiger partial charge < -0.3 is 20.4 Å². The summed E-state index contributed by atoms with van der Waals surface area (Å²) in [6, 6.07) is 9.25. The van der Waals surface area contributed by atoms with Crippen LogP contribution in [-0.2, 0) is 12.7 Å². The summed E-state index contributed by atoms with van der Waals surface area (Å²) < 4.78 is 40.4. The van der Waals surface area contributed by atoms with E-state index in [0.29, 0.717) is 19.6 Å². The largest absolute Gasteiger partial charge is 0.433 e. The predicted octanol–water partition coefficient (Wildman–Crippen LogP) is 4.96. The molecular weight excluding hydrogens is 449 g/mol. The molecule has 178 valence electrons. The molecule has 10 heteroatoms. The normalized spacial score (nSPS) is 17.1. The Morgan fingerprint density at radius 1 is 0.879 bits per heavy atom. The maximum absolute atomic E-state index is 13.5. The Labute approximate surface area is 197 Å². The van der Waals surface area contributed by atoms with E-state index in [0.717, 1.165) is 50.4 Å². The number of rotatable bonds is 5. The Morgan fingerprint density at radius 2 is 1.48 bits per heavy atom. The second-order valence-corrected chi connectivity index (χ2v) is 8.91. The second kappa shape index (κ2) is 10.5. The molecule has 0 aliphatic carbocycles. The molecule has 2 fully saturated rings. The Balaban J connectivity index is 1.40. The standard InChI is InChI=1S/C23H29F3N6S/c24-23(25,26)19-15-20(32-13-3-1-2-4-14-32)29-21(28-19)30-22(33)27-16-17-7-9-18(10-8-17)31-11-5-6-12-31/h7-10,15H,1-6,11-14,16H2,(H2,27,28,29,30,33). The van der Waals surface area contributed by atoms with E-state index in [9.17, 15) is 13.2 Å². The van der Waals surface area contributed by atoms with Crippen LogP contribution in [0.3, 0.4) is 0 Å². The van der Waals surface area contributed by atoms with Gasteiger partial charge in [0.05, 0.1) is 0 Å². The fourth-order valence-corrected chi connectivity index (χ4v) is 4.39. The van der Waals surface area contributed by atoms with Crippen LogP contribution in [-0.4, -0.2) is 41.3 Å². The molecule has 0 amide bonds. The average Bonchev–Trinajstić information content (AvgIpc) is 3.19. The maximum atomic E-state index is 13.5. The van der Waals surface area contributed by atoms with Gasteiger partial charge in [0.25, 0.3) is 0 Å². The molecule has 2 saturated heterocycles. The fraction of sp³-hybridized carbons (Fsp3) is 0.522. The van der Waals surface area contributed by atoms with Crippen molar-refractivity contribution < 1.29 is 13.2 Å². The smallest absolute Gasteiger partial charge is 0.372 e. The number of benzene rings is 1. The number of aromatic nitrogens is 2. The highest BCUT2D eigenvalue weighted by Gasteiger charge is 2.34. The van der Waals surface area contributed by atoms with Gasteiger partial charge >= 0.3 is 6.18 Å². The van der Waals surface area contributed by atoms with Crippen molar-refractivity contribution in [3.8, 4) is 0 Å². The first-order valence-electron chi connectivity index (χ1n) is 11.5. The first kappa shape index (κ1) is 23.5. The quantitative estimate of drug-likeness (QED) is 0.589. The van der Waals surface area contributed by atoms with Gasteiger partial charge in [-0.25, -0.2) is 4.98 Å². The van der Waals surface area contributed by atoms with E-state index in [1.54, 1.807) is 0 Å². The number of hydrogen-bond donors (Lipinski definition) is 2. The summed E-state index contributed by atoms with van der Waals surface area (Å²) in [5.74, 6) is 0.132. The van der Waals surface area contributed by atoms with Gasteiger partial charge in [0.15, 0.2) is 10.8 Å². The van der Waals surface area contributed by atoms with Gasteiger partial charge in [0, 0.05) is 44.5 Å². The molecule has 3 heterocycles. The van der Waals surface area contributed by atoms with Crippen LogP contribution in [0.2, 0.25) is 0 Å². The first-order valence-corrected chi connectivity index (χ1v) is 11.9. The van der Waals surface area contributed by atoms with E-state index in [4.69, 9.17) is 12.2 Å². The van der Waals surface area contributed by atoms with Crippen LogP contribution in [0.25, 0.3) is 0 Å². The minimum absolute atomic E-state index is 0.147. The molecule has 2 aromatic rings. The predicted molar refractivity (Wildman–Crippen MR) is 129 cm³/mol. The topological polar surface area (TPSA) is 56.3 Å². The molecule has 4 rings (SSSR count). The third-order valence-electron chi connectivity index (χ3n) is 6.02. The number of thiocarbonyl (C=S) groups is 1. The Hall–Kier alpha value is -2.62. The number of alkyl halides is 3. The summed E-state index contributed by atoms with van der Waals surface area (Å²) in [6.45, 7) is 3.99. The summed E-state index contributed by atoms with van der Waals surface area (Å²) in [4.78, 5) is 12.3. The molecule has 2 N–H and O–H groups in total. The fourth-order valence-electron chi connectivity index (χ4n) is 4.23. The van der Waals surface area contributed by atoms with Crippen molar-refractivity contribution in [3.05, 3.63) is 41.6 Å². The van der Waals surface area contributed by atoms with Gasteiger partial charge in [-0.05, 0) is 55.6 Å². The zero-order valence-corrected chi connectivity index (χ0v) is 19.3. The molecular formula is C23H29F3N6S. The molecule has 0 atom stereocenters. The van der Waals surface area contributed by atoms with Gasteiger partial charge in [0.1, 0.15) is 5.82 Å². The Bertz CT molecular complexity index is 936. The van der Waals surface area contributed by atoms with E-state index in [2.05, 4.69) is 37.6 Å². The van der Waals surface area contributed by atoms with Crippen molar-refractivity contribution in [1.29, 1.82) is 0 Å². The molecule has 2 aliphatic rings. The third kappa shape index (κ3) is 6.46. The van der Waals surface area contributed by atoms with E-state index in [-0.39, 0.29) is 16.9 Å². The van der Waals surface area contributed by atoms with E-state index in [1.807, 2.05) is 17.0 Å². The number of hydrogen-bond acceptors (Lipinski definition) is 5. The molecule has 0 unspecified atom stereocenters. The van der Waals surface area contributed by atoms with Crippen molar-refractivity contribution in [3.63, 3.8) is 0 Å². The number of anilines is 3. The van der Waals surface area contributed by atoms with Crippen molar-refractivity contribution in [1.82, 2.24) is 15.3 Å². The summed E-state index contributed by atoms with van der Waals surface area (Å²) in [6.07, 6.45) is 1.90. The van der Waals surface area contributed by atoms with Crippen LogP contribution < -0.4 is 20.4 Å². The van der Waals surface area contributed by atoms with Gasteiger partial charge in [-0.1, -0.05) is 25.0 Å². The molecule has 1 aromatic carbocycles. The van der Waals surface area contributed by atoms with Crippen molar-refractivity contribution in [2.75, 3.05) is 41.3 Å². The van der Waals surface area contributed by atoms with Crippen LogP contribution in [0.15, 0.2) is 30.3 Å². The van der Waals surface area contributed by atoms with Crippen LogP contribution in [0.4, 0.5) is 30.6 Å². The summed E-state index contributed by atoms with van der Waals surface area (Å²) in [5, 5.41) is 5.95. The minimum atomic E-state index is -4.56. The molecule has 33 heavy (non-hydrogen) atoms. The number of halogens is 3. The molecule has 6 nitrogen and oxygen atoms in total. The van der Waals surface area contributed by atoms with Crippen LogP contribution in [0, 0.1) is 0 Å². The molecule has 0 saturated carbocycles.